The van der Waals surface area contributed by atoms with Crippen LogP contribution in [0.2, 0.25) is 0 Å². The lowest BCUT2D eigenvalue weighted by Crippen LogP contribution is -2.57. The Morgan fingerprint density at radius 2 is 2.29 bits per heavy atom. The van der Waals surface area contributed by atoms with Gasteiger partial charge in [0.25, 0.3) is 0 Å². The Kier molecular flexibility index (Phi) is 4.39. The minimum absolute atomic E-state index is 0.172. The van der Waals surface area contributed by atoms with Gasteiger partial charge in [0.1, 0.15) is 0 Å². The van der Waals surface area contributed by atoms with Gasteiger partial charge < -0.3 is 10.6 Å². The Hall–Kier alpha value is -0.570. The Balaban J connectivity index is 2.33. The van der Waals surface area contributed by atoms with E-state index in [4.69, 9.17) is 0 Å². The average molecular weight is 198 g/mol. The van der Waals surface area contributed by atoms with Crippen LogP contribution in [0.25, 0.3) is 0 Å². The maximum absolute atomic E-state index is 11.8. The van der Waals surface area contributed by atoms with Crippen molar-refractivity contribution in [2.75, 3.05) is 13.1 Å². The zero-order valence-electron chi connectivity index (χ0n) is 9.36. The first-order valence-electron chi connectivity index (χ1n) is 5.72. The highest BCUT2D eigenvalue weighted by Gasteiger charge is 2.33. The van der Waals surface area contributed by atoms with Crippen LogP contribution in [0.15, 0.2) is 0 Å². The second-order valence-electron chi connectivity index (χ2n) is 4.33. The van der Waals surface area contributed by atoms with Crippen molar-refractivity contribution in [3.8, 4) is 0 Å². The smallest absolute Gasteiger partial charge is 0.240 e. The Morgan fingerprint density at radius 1 is 1.50 bits per heavy atom. The molecule has 1 aliphatic rings. The van der Waals surface area contributed by atoms with Crippen LogP contribution in [0.1, 0.15) is 46.0 Å². The number of carbonyl (C=O) groups excluding carboxylic acids is 1. The van der Waals surface area contributed by atoms with Gasteiger partial charge in [-0.1, -0.05) is 13.3 Å². The van der Waals surface area contributed by atoms with Crippen LogP contribution in [-0.2, 0) is 4.79 Å². The van der Waals surface area contributed by atoms with Crippen LogP contribution < -0.4 is 10.6 Å². The van der Waals surface area contributed by atoms with Crippen molar-refractivity contribution in [1.29, 1.82) is 0 Å². The monoisotopic (exact) mass is 198 g/mol. The van der Waals surface area contributed by atoms with E-state index in [1.807, 2.05) is 6.92 Å². The summed E-state index contributed by atoms with van der Waals surface area (Å²) in [5, 5.41) is 6.30. The van der Waals surface area contributed by atoms with Crippen LogP contribution in [0.5, 0.6) is 0 Å². The zero-order valence-corrected chi connectivity index (χ0v) is 9.36. The topological polar surface area (TPSA) is 41.1 Å². The Bertz CT molecular complexity index is 186. The van der Waals surface area contributed by atoms with Gasteiger partial charge in [0.15, 0.2) is 0 Å². The molecule has 0 saturated carbocycles. The van der Waals surface area contributed by atoms with Crippen LogP contribution in [0.4, 0.5) is 0 Å². The summed E-state index contributed by atoms with van der Waals surface area (Å²) in [6.45, 7) is 5.92. The Labute approximate surface area is 86.6 Å². The summed E-state index contributed by atoms with van der Waals surface area (Å²) in [5.74, 6) is 0.172. The Morgan fingerprint density at radius 3 is 2.86 bits per heavy atom. The number of nitrogens with one attached hydrogen (secondary N) is 2. The van der Waals surface area contributed by atoms with Crippen LogP contribution in [-0.4, -0.2) is 24.5 Å². The van der Waals surface area contributed by atoms with Gasteiger partial charge in [-0.2, -0.15) is 0 Å². The van der Waals surface area contributed by atoms with E-state index < -0.39 is 0 Å². The number of piperidine rings is 1. The van der Waals surface area contributed by atoms with E-state index in [1.165, 1.54) is 6.42 Å². The molecule has 0 aromatic heterocycles. The maximum Gasteiger partial charge on any atom is 0.240 e. The predicted molar refractivity (Wildman–Crippen MR) is 58.2 cm³/mol. The molecule has 1 atom stereocenters. The first-order chi connectivity index (χ1) is 6.69. The van der Waals surface area contributed by atoms with Crippen molar-refractivity contribution >= 4 is 5.91 Å². The highest BCUT2D eigenvalue weighted by atomic mass is 16.2. The van der Waals surface area contributed by atoms with Gasteiger partial charge in [0, 0.05) is 6.54 Å². The number of rotatable bonds is 4. The molecule has 1 aliphatic heterocycles. The summed E-state index contributed by atoms with van der Waals surface area (Å²) in [7, 11) is 0. The quantitative estimate of drug-likeness (QED) is 0.671. The molecule has 1 fully saturated rings. The van der Waals surface area contributed by atoms with Crippen molar-refractivity contribution in [3.63, 3.8) is 0 Å². The van der Waals surface area contributed by atoms with Crippen LogP contribution in [0.3, 0.4) is 0 Å². The second kappa shape index (κ2) is 5.35. The van der Waals surface area contributed by atoms with Gasteiger partial charge in [-0.25, -0.2) is 0 Å². The number of amides is 1. The molecule has 0 aromatic carbocycles. The van der Waals surface area contributed by atoms with E-state index in [-0.39, 0.29) is 11.4 Å². The average Bonchev–Trinajstić information content (AvgIpc) is 2.19. The molecule has 2 N–H and O–H groups in total. The van der Waals surface area contributed by atoms with Crippen LogP contribution in [0, 0.1) is 0 Å². The summed E-state index contributed by atoms with van der Waals surface area (Å²) < 4.78 is 0. The lowest BCUT2D eigenvalue weighted by molar-refractivity contribution is -0.127. The van der Waals surface area contributed by atoms with Crippen molar-refractivity contribution in [3.05, 3.63) is 0 Å². The predicted octanol–water partition coefficient (Wildman–Crippen LogP) is 1.43. The first-order valence-corrected chi connectivity index (χ1v) is 5.72. The van der Waals surface area contributed by atoms with Crippen molar-refractivity contribution < 1.29 is 4.79 Å². The third-order valence-corrected chi connectivity index (χ3v) is 2.94. The van der Waals surface area contributed by atoms with Crippen molar-refractivity contribution in [2.24, 2.45) is 0 Å². The normalized spacial score (nSPS) is 27.3. The minimum atomic E-state index is -0.314. The molecule has 0 radical (unpaired) electrons. The SMILES string of the molecule is CCCCNC(=O)C1(C)CCCCN1. The molecule has 14 heavy (non-hydrogen) atoms. The molecule has 1 saturated heterocycles. The summed E-state index contributed by atoms with van der Waals surface area (Å²) in [5.41, 5.74) is -0.314. The van der Waals surface area contributed by atoms with Crippen molar-refractivity contribution in [2.45, 2.75) is 51.5 Å². The van der Waals surface area contributed by atoms with E-state index in [1.54, 1.807) is 0 Å². The third kappa shape index (κ3) is 2.98. The van der Waals surface area contributed by atoms with Gasteiger partial charge in [-0.15, -0.1) is 0 Å². The highest BCUT2D eigenvalue weighted by Crippen LogP contribution is 2.18. The number of carbonyl (C=O) groups is 1. The molecule has 1 amide bonds. The summed E-state index contributed by atoms with van der Waals surface area (Å²) in [6, 6.07) is 0. The number of hydrogen-bond acceptors (Lipinski definition) is 2. The van der Waals surface area contributed by atoms with Crippen LogP contribution >= 0.6 is 0 Å². The van der Waals surface area contributed by atoms with Gasteiger partial charge >= 0.3 is 0 Å². The lowest BCUT2D eigenvalue weighted by atomic mass is 9.90. The molecule has 1 unspecified atom stereocenters. The molecule has 1 rings (SSSR count). The zero-order chi connectivity index (χ0) is 10.4. The van der Waals surface area contributed by atoms with Gasteiger partial charge in [0.05, 0.1) is 5.54 Å². The van der Waals surface area contributed by atoms with Gasteiger partial charge in [-0.3, -0.25) is 4.79 Å². The standard InChI is InChI=1S/C11H22N2O/c1-3-4-8-12-10(14)11(2)7-5-6-9-13-11/h13H,3-9H2,1-2H3,(H,12,14). The fourth-order valence-electron chi connectivity index (χ4n) is 1.82. The van der Waals surface area contributed by atoms with E-state index >= 15 is 0 Å². The molecule has 1 heterocycles. The van der Waals surface area contributed by atoms with E-state index in [9.17, 15) is 4.79 Å². The molecule has 0 aliphatic carbocycles. The lowest BCUT2D eigenvalue weighted by Gasteiger charge is -2.33. The molecule has 3 nitrogen and oxygen atoms in total. The van der Waals surface area contributed by atoms with Crippen molar-refractivity contribution in [1.82, 2.24) is 10.6 Å². The fraction of sp³-hybridized carbons (Fsp3) is 0.909. The van der Waals surface area contributed by atoms with Gasteiger partial charge in [-0.05, 0) is 39.2 Å². The molecule has 0 bridgehead atoms. The fourth-order valence-corrected chi connectivity index (χ4v) is 1.82. The largest absolute Gasteiger partial charge is 0.355 e. The molecular weight excluding hydrogens is 176 g/mol. The first kappa shape index (κ1) is 11.5. The molecule has 3 heteroatoms. The summed E-state index contributed by atoms with van der Waals surface area (Å²) in [4.78, 5) is 11.8. The summed E-state index contributed by atoms with van der Waals surface area (Å²) in [6.07, 6.45) is 5.51. The summed E-state index contributed by atoms with van der Waals surface area (Å²) >= 11 is 0. The number of hydrogen-bond donors (Lipinski definition) is 2. The van der Waals surface area contributed by atoms with Gasteiger partial charge in [0.2, 0.25) is 5.91 Å². The molecular formula is C11H22N2O. The van der Waals surface area contributed by atoms with E-state index in [0.29, 0.717) is 0 Å². The maximum atomic E-state index is 11.8. The van der Waals surface area contributed by atoms with E-state index in [2.05, 4.69) is 17.6 Å². The molecule has 82 valence electrons. The second-order valence-corrected chi connectivity index (χ2v) is 4.33. The minimum Gasteiger partial charge on any atom is -0.355 e. The third-order valence-electron chi connectivity index (χ3n) is 2.94. The highest BCUT2D eigenvalue weighted by molar-refractivity contribution is 5.85. The molecule has 0 aromatic rings. The number of unbranched alkanes of at least 4 members (excludes halogenated alkanes) is 1. The molecule has 0 spiro atoms. The van der Waals surface area contributed by atoms with E-state index in [0.717, 1.165) is 38.8 Å².